The van der Waals surface area contributed by atoms with Crippen molar-refractivity contribution in [1.29, 1.82) is 0 Å². The predicted molar refractivity (Wildman–Crippen MR) is 57.5 cm³/mol. The highest BCUT2D eigenvalue weighted by atomic mass is 16.2. The van der Waals surface area contributed by atoms with Crippen LogP contribution in [0, 0.1) is 5.92 Å². The SMILES string of the molecule is CC(C)/C=C/N1[C@@H](C)C(=O)NC1(C)C. The predicted octanol–water partition coefficient (Wildman–Crippen LogP) is 1.71. The van der Waals surface area contributed by atoms with E-state index in [1.807, 2.05) is 27.0 Å². The number of nitrogens with one attached hydrogen (secondary N) is 1. The molecule has 0 aromatic rings. The van der Waals surface area contributed by atoms with Gasteiger partial charge < -0.3 is 10.2 Å². The van der Waals surface area contributed by atoms with Crippen LogP contribution in [0.5, 0.6) is 0 Å². The van der Waals surface area contributed by atoms with Gasteiger partial charge in [0.25, 0.3) is 0 Å². The van der Waals surface area contributed by atoms with Crippen molar-refractivity contribution in [3.63, 3.8) is 0 Å². The summed E-state index contributed by atoms with van der Waals surface area (Å²) in [6.45, 7) is 10.2. The maximum Gasteiger partial charge on any atom is 0.244 e. The molecule has 0 aromatic carbocycles. The standard InChI is InChI=1S/C11H20N2O/c1-8(2)6-7-13-9(3)10(14)12-11(13,4)5/h6-9H,1-5H3,(H,12,14)/b7-6+/t9-/m0/s1. The van der Waals surface area contributed by atoms with Gasteiger partial charge in [0.15, 0.2) is 0 Å². The smallest absolute Gasteiger partial charge is 0.244 e. The molecular formula is C11H20N2O. The van der Waals surface area contributed by atoms with Crippen LogP contribution < -0.4 is 5.32 Å². The summed E-state index contributed by atoms with van der Waals surface area (Å²) in [5.41, 5.74) is -0.262. The Kier molecular flexibility index (Phi) is 2.88. The summed E-state index contributed by atoms with van der Waals surface area (Å²) < 4.78 is 0. The first-order chi connectivity index (χ1) is 6.34. The number of allylic oxidation sites excluding steroid dienone is 1. The molecule has 0 unspecified atom stereocenters. The van der Waals surface area contributed by atoms with Gasteiger partial charge >= 0.3 is 0 Å². The third-order valence-corrected chi connectivity index (χ3v) is 2.50. The van der Waals surface area contributed by atoms with Crippen LogP contribution in [0.3, 0.4) is 0 Å². The van der Waals surface area contributed by atoms with E-state index in [9.17, 15) is 4.79 Å². The minimum atomic E-state index is -0.262. The maximum atomic E-state index is 11.5. The molecule has 3 nitrogen and oxygen atoms in total. The number of hydrogen-bond acceptors (Lipinski definition) is 2. The molecule has 1 N–H and O–H groups in total. The number of hydrogen-bond donors (Lipinski definition) is 1. The molecule has 1 amide bonds. The fourth-order valence-corrected chi connectivity index (χ4v) is 1.66. The van der Waals surface area contributed by atoms with Gasteiger partial charge in [0, 0.05) is 0 Å². The van der Waals surface area contributed by atoms with E-state index >= 15 is 0 Å². The van der Waals surface area contributed by atoms with Gasteiger partial charge in [-0.1, -0.05) is 19.9 Å². The molecule has 1 fully saturated rings. The molecule has 1 aliphatic heterocycles. The van der Waals surface area contributed by atoms with E-state index in [-0.39, 0.29) is 17.6 Å². The quantitative estimate of drug-likeness (QED) is 0.729. The molecule has 80 valence electrons. The molecule has 0 spiro atoms. The Bertz CT molecular complexity index is 256. The van der Waals surface area contributed by atoms with Crippen molar-refractivity contribution in [3.05, 3.63) is 12.3 Å². The summed E-state index contributed by atoms with van der Waals surface area (Å²) in [4.78, 5) is 13.5. The molecule has 0 aromatic heterocycles. The summed E-state index contributed by atoms with van der Waals surface area (Å²) in [6.07, 6.45) is 4.13. The molecule has 1 atom stereocenters. The first-order valence-corrected chi connectivity index (χ1v) is 5.13. The summed E-state index contributed by atoms with van der Waals surface area (Å²) in [7, 11) is 0. The molecule has 14 heavy (non-hydrogen) atoms. The topological polar surface area (TPSA) is 32.3 Å². The number of rotatable bonds is 2. The third kappa shape index (κ3) is 2.08. The van der Waals surface area contributed by atoms with Crippen LogP contribution in [-0.4, -0.2) is 22.5 Å². The van der Waals surface area contributed by atoms with Gasteiger partial charge in [-0.2, -0.15) is 0 Å². The average Bonchev–Trinajstić information content (AvgIpc) is 2.19. The highest BCUT2D eigenvalue weighted by Crippen LogP contribution is 2.22. The van der Waals surface area contributed by atoms with Crippen molar-refractivity contribution < 1.29 is 4.79 Å². The van der Waals surface area contributed by atoms with Crippen LogP contribution in [0.1, 0.15) is 34.6 Å². The van der Waals surface area contributed by atoms with E-state index in [2.05, 4.69) is 30.1 Å². The van der Waals surface area contributed by atoms with Crippen molar-refractivity contribution in [3.8, 4) is 0 Å². The zero-order chi connectivity index (χ0) is 10.9. The van der Waals surface area contributed by atoms with Crippen molar-refractivity contribution >= 4 is 5.91 Å². The lowest BCUT2D eigenvalue weighted by atomic mass is 10.2. The Hall–Kier alpha value is -0.990. The molecular weight excluding hydrogens is 176 g/mol. The van der Waals surface area contributed by atoms with Crippen LogP contribution in [-0.2, 0) is 4.79 Å². The van der Waals surface area contributed by atoms with Crippen LogP contribution in [0.15, 0.2) is 12.3 Å². The Morgan fingerprint density at radius 3 is 2.43 bits per heavy atom. The number of carbonyl (C=O) groups excluding carboxylic acids is 1. The zero-order valence-corrected chi connectivity index (χ0v) is 9.66. The van der Waals surface area contributed by atoms with E-state index in [0.717, 1.165) is 0 Å². The second-order valence-electron chi connectivity index (χ2n) is 4.72. The first kappa shape index (κ1) is 11.1. The lowest BCUT2D eigenvalue weighted by molar-refractivity contribution is -0.120. The molecule has 0 saturated carbocycles. The minimum absolute atomic E-state index is 0.0694. The fourth-order valence-electron chi connectivity index (χ4n) is 1.66. The Labute approximate surface area is 86.2 Å². The third-order valence-electron chi connectivity index (χ3n) is 2.50. The average molecular weight is 196 g/mol. The van der Waals surface area contributed by atoms with Crippen molar-refractivity contribution in [2.45, 2.75) is 46.3 Å². The maximum absolute atomic E-state index is 11.5. The van der Waals surface area contributed by atoms with Crippen LogP contribution in [0.4, 0.5) is 0 Å². The number of carbonyl (C=O) groups is 1. The van der Waals surface area contributed by atoms with Crippen molar-refractivity contribution in [2.24, 2.45) is 5.92 Å². The van der Waals surface area contributed by atoms with Crippen LogP contribution in [0.2, 0.25) is 0 Å². The molecule has 1 heterocycles. The minimum Gasteiger partial charge on any atom is -0.344 e. The van der Waals surface area contributed by atoms with Gasteiger partial charge in [-0.25, -0.2) is 0 Å². The van der Waals surface area contributed by atoms with Gasteiger partial charge in [-0.15, -0.1) is 0 Å². The fraction of sp³-hybridized carbons (Fsp3) is 0.727. The van der Waals surface area contributed by atoms with Gasteiger partial charge in [0.2, 0.25) is 5.91 Å². The molecule has 1 aliphatic rings. The molecule has 0 aliphatic carbocycles. The number of nitrogens with zero attached hydrogens (tertiary/aromatic N) is 1. The zero-order valence-electron chi connectivity index (χ0n) is 9.66. The van der Waals surface area contributed by atoms with Gasteiger partial charge in [-0.05, 0) is 32.9 Å². The van der Waals surface area contributed by atoms with E-state index in [1.54, 1.807) is 0 Å². The van der Waals surface area contributed by atoms with E-state index in [0.29, 0.717) is 5.92 Å². The van der Waals surface area contributed by atoms with Crippen LogP contribution in [0.25, 0.3) is 0 Å². The molecule has 0 radical (unpaired) electrons. The largest absolute Gasteiger partial charge is 0.344 e. The van der Waals surface area contributed by atoms with Crippen LogP contribution >= 0.6 is 0 Å². The lowest BCUT2D eigenvalue weighted by Gasteiger charge is -2.31. The molecule has 3 heteroatoms. The van der Waals surface area contributed by atoms with Gasteiger partial charge in [0.05, 0.1) is 0 Å². The van der Waals surface area contributed by atoms with E-state index < -0.39 is 0 Å². The molecule has 1 rings (SSSR count). The lowest BCUT2D eigenvalue weighted by Crippen LogP contribution is -2.44. The summed E-state index contributed by atoms with van der Waals surface area (Å²) in [6, 6.07) is -0.0694. The highest BCUT2D eigenvalue weighted by molar-refractivity contribution is 5.84. The summed E-state index contributed by atoms with van der Waals surface area (Å²) in [5, 5.41) is 2.95. The molecule has 1 saturated heterocycles. The summed E-state index contributed by atoms with van der Waals surface area (Å²) in [5.74, 6) is 0.608. The van der Waals surface area contributed by atoms with E-state index in [1.165, 1.54) is 0 Å². The highest BCUT2D eigenvalue weighted by Gasteiger charge is 2.40. The Balaban J connectivity index is 2.80. The monoisotopic (exact) mass is 196 g/mol. The summed E-state index contributed by atoms with van der Waals surface area (Å²) >= 11 is 0. The van der Waals surface area contributed by atoms with Crippen molar-refractivity contribution in [2.75, 3.05) is 0 Å². The first-order valence-electron chi connectivity index (χ1n) is 5.13. The van der Waals surface area contributed by atoms with Gasteiger partial charge in [0.1, 0.15) is 11.7 Å². The van der Waals surface area contributed by atoms with E-state index in [4.69, 9.17) is 0 Å². The second kappa shape index (κ2) is 3.64. The second-order valence-corrected chi connectivity index (χ2v) is 4.72. The normalized spacial score (nSPS) is 26.3. The number of amides is 1. The van der Waals surface area contributed by atoms with Crippen molar-refractivity contribution in [1.82, 2.24) is 10.2 Å². The van der Waals surface area contributed by atoms with Gasteiger partial charge in [-0.3, -0.25) is 4.79 Å². The molecule has 0 bridgehead atoms. The Morgan fingerprint density at radius 2 is 2.07 bits per heavy atom. The Morgan fingerprint density at radius 1 is 1.50 bits per heavy atom.